The number of nitrogens with one attached hydrogen (secondary N) is 1. The summed E-state index contributed by atoms with van der Waals surface area (Å²) in [6, 6.07) is 7.96. The fourth-order valence-electron chi connectivity index (χ4n) is 3.41. The van der Waals surface area contributed by atoms with Crippen molar-refractivity contribution in [3.05, 3.63) is 68.7 Å². The summed E-state index contributed by atoms with van der Waals surface area (Å²) in [5.74, 6) is -2.92. The van der Waals surface area contributed by atoms with Gasteiger partial charge >= 0.3 is 17.6 Å². The summed E-state index contributed by atoms with van der Waals surface area (Å²) in [5.41, 5.74) is -6.79. The van der Waals surface area contributed by atoms with E-state index in [9.17, 15) is 23.6 Å². The second-order valence-electron chi connectivity index (χ2n) is 7.36. The number of nitrogens with zero attached hydrogens (tertiary/aromatic N) is 1. The van der Waals surface area contributed by atoms with Gasteiger partial charge in [-0.15, -0.1) is 0 Å². The molecule has 0 unspecified atom stereocenters. The van der Waals surface area contributed by atoms with Crippen molar-refractivity contribution in [1.29, 1.82) is 0 Å². The number of ether oxygens (including phenoxy) is 3. The van der Waals surface area contributed by atoms with Crippen molar-refractivity contribution in [1.82, 2.24) is 9.55 Å². The van der Waals surface area contributed by atoms with E-state index in [1.165, 1.54) is 19.1 Å². The lowest BCUT2D eigenvalue weighted by atomic mass is 9.84. The van der Waals surface area contributed by atoms with Gasteiger partial charge in [0.05, 0.1) is 11.8 Å². The lowest BCUT2D eigenvalue weighted by Gasteiger charge is -2.36. The van der Waals surface area contributed by atoms with Gasteiger partial charge in [0.2, 0.25) is 5.82 Å². The molecule has 2 heterocycles. The highest BCUT2D eigenvalue weighted by molar-refractivity contribution is 5.89. The molecule has 2 aromatic rings. The zero-order chi connectivity index (χ0) is 23.0. The molecule has 1 aromatic heterocycles. The Kier molecular flexibility index (Phi) is 5.81. The van der Waals surface area contributed by atoms with E-state index in [0.29, 0.717) is 10.8 Å². The quantitative estimate of drug-likeness (QED) is 0.703. The maximum Gasteiger partial charge on any atom is 0.338 e. The summed E-state index contributed by atoms with van der Waals surface area (Å²) in [7, 11) is 0. The highest BCUT2D eigenvalue weighted by Crippen LogP contribution is 2.50. The number of halogens is 2. The van der Waals surface area contributed by atoms with Gasteiger partial charge in [-0.3, -0.25) is 19.1 Å². The van der Waals surface area contributed by atoms with E-state index in [0.717, 1.165) is 13.8 Å². The Morgan fingerprint density at radius 2 is 1.87 bits per heavy atom. The Bertz CT molecular complexity index is 1110. The molecule has 0 bridgehead atoms. The molecule has 9 nitrogen and oxygen atoms in total. The van der Waals surface area contributed by atoms with Crippen LogP contribution in [0.15, 0.2) is 46.1 Å². The van der Waals surface area contributed by atoms with E-state index < -0.39 is 59.2 Å². The van der Waals surface area contributed by atoms with Crippen molar-refractivity contribution in [3.63, 3.8) is 0 Å². The Morgan fingerprint density at radius 1 is 1.23 bits per heavy atom. The first kappa shape index (κ1) is 22.3. The van der Waals surface area contributed by atoms with Gasteiger partial charge in [-0.05, 0) is 26.0 Å². The van der Waals surface area contributed by atoms with Gasteiger partial charge < -0.3 is 14.2 Å². The van der Waals surface area contributed by atoms with Gasteiger partial charge in [-0.2, -0.15) is 4.39 Å². The number of alkyl halides is 1. The summed E-state index contributed by atoms with van der Waals surface area (Å²) in [4.78, 5) is 49.1. The van der Waals surface area contributed by atoms with Crippen molar-refractivity contribution < 1.29 is 32.6 Å². The van der Waals surface area contributed by atoms with Crippen LogP contribution in [0.4, 0.5) is 8.78 Å². The Labute approximate surface area is 174 Å². The Hall–Kier alpha value is -3.34. The zero-order valence-corrected chi connectivity index (χ0v) is 16.9. The van der Waals surface area contributed by atoms with Crippen molar-refractivity contribution in [3.8, 4) is 0 Å². The Balaban J connectivity index is 1.95. The van der Waals surface area contributed by atoms with E-state index in [2.05, 4.69) is 0 Å². The molecule has 0 spiro atoms. The highest BCUT2D eigenvalue weighted by Gasteiger charge is 2.66. The average molecular weight is 438 g/mol. The average Bonchev–Trinajstić information content (AvgIpc) is 2.89. The van der Waals surface area contributed by atoms with Crippen molar-refractivity contribution >= 4 is 11.9 Å². The van der Waals surface area contributed by atoms with Gasteiger partial charge in [0.15, 0.2) is 17.5 Å². The smallest absolute Gasteiger partial charge is 0.338 e. The van der Waals surface area contributed by atoms with E-state index in [-0.39, 0.29) is 5.56 Å². The first-order valence-electron chi connectivity index (χ1n) is 9.24. The molecule has 4 atom stereocenters. The van der Waals surface area contributed by atoms with Crippen LogP contribution in [0.5, 0.6) is 0 Å². The number of H-pyrrole nitrogens is 1. The van der Waals surface area contributed by atoms with E-state index in [1.54, 1.807) is 23.2 Å². The van der Waals surface area contributed by atoms with Gasteiger partial charge in [-0.25, -0.2) is 14.0 Å². The number of aromatic amines is 1. The molecular formula is C20H20F2N2O7. The van der Waals surface area contributed by atoms with Gasteiger partial charge in [-0.1, -0.05) is 18.2 Å². The molecular weight excluding hydrogens is 418 g/mol. The molecule has 1 aliphatic rings. The number of carbonyl (C=O) groups excluding carboxylic acids is 2. The summed E-state index contributed by atoms with van der Waals surface area (Å²) < 4.78 is 46.2. The number of hydrogen-bond acceptors (Lipinski definition) is 7. The van der Waals surface area contributed by atoms with Crippen LogP contribution < -0.4 is 11.2 Å². The number of benzene rings is 1. The number of carbonyl (C=O) groups is 2. The molecule has 1 fully saturated rings. The molecule has 11 heteroatoms. The minimum Gasteiger partial charge on any atom is -0.459 e. The minimum atomic E-state index is -2.59. The van der Waals surface area contributed by atoms with Crippen molar-refractivity contribution in [2.75, 3.05) is 6.61 Å². The number of esters is 2. The van der Waals surface area contributed by atoms with Crippen LogP contribution in [-0.4, -0.2) is 45.5 Å². The van der Waals surface area contributed by atoms with Gasteiger partial charge in [0, 0.05) is 6.92 Å². The maximum atomic E-state index is 16.0. The molecule has 166 valence electrons. The standard InChI is InChI=1S/C20H20F2N2O7/c1-11(25)31-20(3)14(10-29-16(27)12-7-5-4-6-8-12)30-17(19(20,2)22)24-9-13(21)15(26)23-18(24)28/h4-9,14,17H,10H2,1-3H3,(H,23,26,28)/t14-,17-,19+,20+/m1/s1. The molecule has 0 aliphatic carbocycles. The number of hydrogen-bond donors (Lipinski definition) is 1. The van der Waals surface area contributed by atoms with E-state index in [4.69, 9.17) is 14.2 Å². The van der Waals surface area contributed by atoms with Gasteiger partial charge in [0.1, 0.15) is 12.7 Å². The molecule has 1 N–H and O–H groups in total. The molecule has 1 aromatic carbocycles. The fourth-order valence-corrected chi connectivity index (χ4v) is 3.41. The predicted octanol–water partition coefficient (Wildman–Crippen LogP) is 1.48. The van der Waals surface area contributed by atoms with Crippen LogP contribution in [0, 0.1) is 5.82 Å². The molecule has 1 aliphatic heterocycles. The summed E-state index contributed by atoms with van der Waals surface area (Å²) in [6.45, 7) is 2.72. The summed E-state index contributed by atoms with van der Waals surface area (Å²) in [5, 5.41) is 0. The van der Waals surface area contributed by atoms with Crippen LogP contribution in [0.2, 0.25) is 0 Å². The number of aromatic nitrogens is 2. The Morgan fingerprint density at radius 3 is 2.48 bits per heavy atom. The minimum absolute atomic E-state index is 0.230. The number of rotatable bonds is 5. The lowest BCUT2D eigenvalue weighted by Crippen LogP contribution is -2.55. The molecule has 0 radical (unpaired) electrons. The SMILES string of the molecule is CC(=O)O[C@@]1(C)[C@@H](COC(=O)c2ccccc2)O[C@@H](n2cc(F)c(=O)[nH]c2=O)[C@]1(C)F. The molecule has 1 saturated heterocycles. The monoisotopic (exact) mass is 438 g/mol. The van der Waals surface area contributed by atoms with Crippen LogP contribution in [-0.2, 0) is 19.0 Å². The highest BCUT2D eigenvalue weighted by atomic mass is 19.1. The molecule has 0 amide bonds. The third kappa shape index (κ3) is 4.00. The zero-order valence-electron chi connectivity index (χ0n) is 16.9. The maximum absolute atomic E-state index is 16.0. The van der Waals surface area contributed by atoms with Crippen molar-refractivity contribution in [2.45, 2.75) is 44.4 Å². The second-order valence-corrected chi connectivity index (χ2v) is 7.36. The summed E-state index contributed by atoms with van der Waals surface area (Å²) >= 11 is 0. The van der Waals surface area contributed by atoms with Crippen LogP contribution >= 0.6 is 0 Å². The normalized spacial score (nSPS) is 27.6. The molecule has 31 heavy (non-hydrogen) atoms. The third-order valence-electron chi connectivity index (χ3n) is 5.25. The van der Waals surface area contributed by atoms with E-state index in [1.807, 2.05) is 0 Å². The second kappa shape index (κ2) is 8.06. The topological polar surface area (TPSA) is 117 Å². The van der Waals surface area contributed by atoms with Crippen LogP contribution in [0.1, 0.15) is 37.4 Å². The molecule has 0 saturated carbocycles. The fraction of sp³-hybridized carbons (Fsp3) is 0.400. The molecule has 3 rings (SSSR count). The largest absolute Gasteiger partial charge is 0.459 e. The first-order chi connectivity index (χ1) is 14.5. The lowest BCUT2D eigenvalue weighted by molar-refractivity contribution is -0.175. The van der Waals surface area contributed by atoms with E-state index >= 15 is 4.39 Å². The first-order valence-corrected chi connectivity index (χ1v) is 9.24. The summed E-state index contributed by atoms with van der Waals surface area (Å²) in [6.07, 6.45) is -2.65. The van der Waals surface area contributed by atoms with Crippen molar-refractivity contribution in [2.24, 2.45) is 0 Å². The predicted molar refractivity (Wildman–Crippen MR) is 102 cm³/mol. The van der Waals surface area contributed by atoms with Gasteiger partial charge in [0.25, 0.3) is 5.56 Å². The van der Waals surface area contributed by atoms with Crippen LogP contribution in [0.3, 0.4) is 0 Å². The van der Waals surface area contributed by atoms with Crippen LogP contribution in [0.25, 0.3) is 0 Å². The third-order valence-corrected chi connectivity index (χ3v) is 5.25.